The van der Waals surface area contributed by atoms with E-state index in [1.54, 1.807) is 7.11 Å². The molecule has 0 aromatic heterocycles. The molecule has 0 radical (unpaired) electrons. The first-order valence-electron chi connectivity index (χ1n) is 4.18. The van der Waals surface area contributed by atoms with Crippen LogP contribution in [0.2, 0.25) is 0 Å². The van der Waals surface area contributed by atoms with Crippen LogP contribution in [0.3, 0.4) is 0 Å². The number of carbonyl (C=O) groups excluding carboxylic acids is 1. The standard InChI is InChI=1S/C10H12BrNO2/c1-7(13)12-10(11)8-3-5-9(14-2)6-4-8/h3-6,10H,1-2H3,(H,12,13). The molecule has 1 unspecified atom stereocenters. The summed E-state index contributed by atoms with van der Waals surface area (Å²) in [6.07, 6.45) is 0. The van der Waals surface area contributed by atoms with Crippen molar-refractivity contribution in [2.75, 3.05) is 7.11 Å². The number of nitrogens with one attached hydrogen (secondary N) is 1. The molecule has 0 fully saturated rings. The molecule has 1 amide bonds. The topological polar surface area (TPSA) is 38.3 Å². The van der Waals surface area contributed by atoms with E-state index in [4.69, 9.17) is 4.74 Å². The molecule has 14 heavy (non-hydrogen) atoms. The van der Waals surface area contributed by atoms with Crippen molar-refractivity contribution in [3.8, 4) is 5.75 Å². The molecule has 0 saturated heterocycles. The van der Waals surface area contributed by atoms with Gasteiger partial charge in [-0.2, -0.15) is 0 Å². The van der Waals surface area contributed by atoms with Gasteiger partial charge < -0.3 is 10.1 Å². The van der Waals surface area contributed by atoms with Crippen molar-refractivity contribution >= 4 is 21.8 Å². The summed E-state index contributed by atoms with van der Waals surface area (Å²) in [7, 11) is 1.62. The van der Waals surface area contributed by atoms with Crippen molar-refractivity contribution < 1.29 is 9.53 Å². The number of carbonyl (C=O) groups is 1. The van der Waals surface area contributed by atoms with Crippen LogP contribution in [0.15, 0.2) is 24.3 Å². The van der Waals surface area contributed by atoms with E-state index in [2.05, 4.69) is 21.2 Å². The lowest BCUT2D eigenvalue weighted by atomic mass is 10.2. The minimum absolute atomic E-state index is 0.0670. The number of hydrogen-bond acceptors (Lipinski definition) is 2. The Labute approximate surface area is 91.6 Å². The van der Waals surface area contributed by atoms with Gasteiger partial charge in [-0.15, -0.1) is 0 Å². The molecular formula is C10H12BrNO2. The Morgan fingerprint density at radius 3 is 2.43 bits per heavy atom. The number of rotatable bonds is 3. The average molecular weight is 258 g/mol. The predicted octanol–water partition coefficient (Wildman–Crippen LogP) is 2.22. The van der Waals surface area contributed by atoms with Crippen molar-refractivity contribution in [2.45, 2.75) is 11.9 Å². The molecular weight excluding hydrogens is 246 g/mol. The van der Waals surface area contributed by atoms with Crippen LogP contribution in [-0.4, -0.2) is 13.0 Å². The van der Waals surface area contributed by atoms with Crippen molar-refractivity contribution in [2.24, 2.45) is 0 Å². The Hall–Kier alpha value is -1.03. The van der Waals surface area contributed by atoms with Gasteiger partial charge >= 0.3 is 0 Å². The second kappa shape index (κ2) is 5.00. The second-order valence-corrected chi connectivity index (χ2v) is 3.75. The van der Waals surface area contributed by atoms with Crippen molar-refractivity contribution in [3.05, 3.63) is 29.8 Å². The maximum Gasteiger partial charge on any atom is 0.218 e. The fourth-order valence-corrected chi connectivity index (χ4v) is 1.66. The molecule has 0 spiro atoms. The van der Waals surface area contributed by atoms with E-state index in [9.17, 15) is 4.79 Å². The van der Waals surface area contributed by atoms with Gasteiger partial charge in [-0.3, -0.25) is 4.79 Å². The molecule has 1 atom stereocenters. The third-order valence-corrected chi connectivity index (χ3v) is 2.50. The van der Waals surface area contributed by atoms with Crippen molar-refractivity contribution in [1.82, 2.24) is 5.32 Å². The summed E-state index contributed by atoms with van der Waals surface area (Å²) in [5.74, 6) is 0.735. The molecule has 0 saturated carbocycles. The Bertz CT molecular complexity index is 310. The lowest BCUT2D eigenvalue weighted by Gasteiger charge is -2.11. The summed E-state index contributed by atoms with van der Waals surface area (Å²) >= 11 is 3.36. The highest BCUT2D eigenvalue weighted by molar-refractivity contribution is 9.09. The van der Waals surface area contributed by atoms with Gasteiger partial charge in [-0.25, -0.2) is 0 Å². The van der Waals surface area contributed by atoms with E-state index in [1.165, 1.54) is 6.92 Å². The lowest BCUT2D eigenvalue weighted by Crippen LogP contribution is -2.21. The van der Waals surface area contributed by atoms with Gasteiger partial charge in [0.25, 0.3) is 0 Å². The van der Waals surface area contributed by atoms with E-state index in [1.807, 2.05) is 24.3 Å². The minimum Gasteiger partial charge on any atom is -0.497 e. The van der Waals surface area contributed by atoms with Gasteiger partial charge in [0.05, 0.1) is 7.11 Å². The van der Waals surface area contributed by atoms with Gasteiger partial charge in [0.2, 0.25) is 5.91 Å². The molecule has 1 aromatic rings. The lowest BCUT2D eigenvalue weighted by molar-refractivity contribution is -0.119. The molecule has 0 bridgehead atoms. The van der Waals surface area contributed by atoms with Gasteiger partial charge in [0.1, 0.15) is 10.7 Å². The van der Waals surface area contributed by atoms with Crippen molar-refractivity contribution in [3.63, 3.8) is 0 Å². The zero-order chi connectivity index (χ0) is 10.6. The van der Waals surface area contributed by atoms with Crippen LogP contribution >= 0.6 is 15.9 Å². The van der Waals surface area contributed by atoms with Gasteiger partial charge in [0, 0.05) is 6.92 Å². The number of hydrogen-bond donors (Lipinski definition) is 1. The fourth-order valence-electron chi connectivity index (χ4n) is 1.03. The molecule has 76 valence electrons. The molecule has 0 aliphatic carbocycles. The SMILES string of the molecule is COc1ccc(C(Br)NC(C)=O)cc1. The van der Waals surface area contributed by atoms with Gasteiger partial charge in [-0.05, 0) is 17.7 Å². The molecule has 0 heterocycles. The molecule has 0 aliphatic heterocycles. The maximum absolute atomic E-state index is 10.8. The molecule has 1 rings (SSSR count). The first kappa shape index (κ1) is 11.0. The highest BCUT2D eigenvalue weighted by atomic mass is 79.9. The van der Waals surface area contributed by atoms with Crippen LogP contribution in [0.25, 0.3) is 0 Å². The molecule has 3 nitrogen and oxygen atoms in total. The van der Waals surface area contributed by atoms with Crippen LogP contribution in [0.4, 0.5) is 0 Å². The molecule has 0 aliphatic rings. The van der Waals surface area contributed by atoms with E-state index < -0.39 is 0 Å². The van der Waals surface area contributed by atoms with Crippen molar-refractivity contribution in [1.29, 1.82) is 0 Å². The first-order valence-corrected chi connectivity index (χ1v) is 5.10. The van der Waals surface area contributed by atoms with Crippen LogP contribution in [-0.2, 0) is 4.79 Å². The van der Waals surface area contributed by atoms with Crippen LogP contribution in [0.1, 0.15) is 17.4 Å². The molecule has 1 aromatic carbocycles. The van der Waals surface area contributed by atoms with Crippen LogP contribution in [0, 0.1) is 0 Å². The number of halogens is 1. The number of benzene rings is 1. The summed E-state index contributed by atoms with van der Waals surface area (Å²) in [6.45, 7) is 1.48. The fraction of sp³-hybridized carbons (Fsp3) is 0.300. The zero-order valence-corrected chi connectivity index (χ0v) is 9.67. The third-order valence-electron chi connectivity index (χ3n) is 1.74. The highest BCUT2D eigenvalue weighted by Crippen LogP contribution is 2.21. The minimum atomic E-state index is -0.147. The Kier molecular flexibility index (Phi) is 3.95. The third kappa shape index (κ3) is 3.03. The van der Waals surface area contributed by atoms with Crippen LogP contribution < -0.4 is 10.1 Å². The summed E-state index contributed by atoms with van der Waals surface area (Å²) < 4.78 is 5.03. The number of ether oxygens (including phenoxy) is 1. The Balaban J connectivity index is 2.71. The predicted molar refractivity (Wildman–Crippen MR) is 58.5 cm³/mol. The Morgan fingerprint density at radius 1 is 1.43 bits per heavy atom. The normalized spacial score (nSPS) is 11.9. The van der Waals surface area contributed by atoms with E-state index in [-0.39, 0.29) is 10.9 Å². The summed E-state index contributed by atoms with van der Waals surface area (Å²) in [6, 6.07) is 7.50. The average Bonchev–Trinajstić information content (AvgIpc) is 2.17. The number of methoxy groups -OCH3 is 1. The quantitative estimate of drug-likeness (QED) is 0.666. The monoisotopic (exact) mass is 257 g/mol. The summed E-state index contributed by atoms with van der Waals surface area (Å²) in [4.78, 5) is 10.6. The van der Waals surface area contributed by atoms with E-state index in [0.717, 1.165) is 11.3 Å². The summed E-state index contributed by atoms with van der Waals surface area (Å²) in [5, 5.41) is 2.73. The largest absolute Gasteiger partial charge is 0.497 e. The van der Waals surface area contributed by atoms with Gasteiger partial charge in [-0.1, -0.05) is 28.1 Å². The summed E-state index contributed by atoms with van der Waals surface area (Å²) in [5.41, 5.74) is 0.987. The van der Waals surface area contributed by atoms with Crippen LogP contribution in [0.5, 0.6) is 5.75 Å². The second-order valence-electron chi connectivity index (χ2n) is 2.84. The first-order chi connectivity index (χ1) is 6.63. The molecule has 4 heteroatoms. The number of amides is 1. The zero-order valence-electron chi connectivity index (χ0n) is 8.08. The van der Waals surface area contributed by atoms with Gasteiger partial charge in [0.15, 0.2) is 0 Å². The van der Waals surface area contributed by atoms with E-state index in [0.29, 0.717) is 0 Å². The highest BCUT2D eigenvalue weighted by Gasteiger charge is 2.07. The maximum atomic E-state index is 10.8. The van der Waals surface area contributed by atoms with E-state index >= 15 is 0 Å². The smallest absolute Gasteiger partial charge is 0.218 e. The Morgan fingerprint density at radius 2 is 2.00 bits per heavy atom. The number of alkyl halides is 1. The molecule has 1 N–H and O–H groups in total.